The van der Waals surface area contributed by atoms with Crippen LogP contribution in [0.15, 0.2) is 16.7 Å². The quantitative estimate of drug-likeness (QED) is 0.749. The molecule has 0 spiro atoms. The number of aromatic nitrogens is 1. The van der Waals surface area contributed by atoms with Gasteiger partial charge in [0.25, 0.3) is 0 Å². The van der Waals surface area contributed by atoms with E-state index in [2.05, 4.69) is 20.9 Å². The maximum atomic E-state index is 12.6. The molecule has 114 valence electrons. The number of hydrogen-bond donors (Lipinski definition) is 0. The van der Waals surface area contributed by atoms with Gasteiger partial charge in [0.2, 0.25) is 5.88 Å². The molecule has 2 atom stereocenters. The van der Waals surface area contributed by atoms with Gasteiger partial charge in [0.15, 0.2) is 0 Å². The Balaban J connectivity index is 3.02. The summed E-state index contributed by atoms with van der Waals surface area (Å²) in [6.07, 6.45) is 1.77. The average Bonchev–Trinajstić information content (AvgIpc) is 2.38. The van der Waals surface area contributed by atoms with Gasteiger partial charge in [-0.25, -0.2) is 4.98 Å². The maximum absolute atomic E-state index is 12.6. The summed E-state index contributed by atoms with van der Waals surface area (Å²) in [5.74, 6) is 0.556. The molecule has 0 aliphatic heterocycles. The van der Waals surface area contributed by atoms with Crippen LogP contribution in [0.1, 0.15) is 46.2 Å². The van der Waals surface area contributed by atoms with Gasteiger partial charge in [0, 0.05) is 24.1 Å². The molecule has 0 aromatic carbocycles. The van der Waals surface area contributed by atoms with Gasteiger partial charge < -0.3 is 9.29 Å². The van der Waals surface area contributed by atoms with Gasteiger partial charge in [0.05, 0.1) is 17.6 Å². The molecular weight excluding hydrogens is 340 g/mol. The molecule has 6 heteroatoms. The molecule has 0 amide bonds. The van der Waals surface area contributed by atoms with Crippen molar-refractivity contribution in [3.8, 4) is 5.88 Å². The van der Waals surface area contributed by atoms with Crippen LogP contribution >= 0.6 is 15.9 Å². The van der Waals surface area contributed by atoms with Crippen LogP contribution in [0.4, 0.5) is 0 Å². The minimum Gasteiger partial charge on any atom is -0.597 e. The van der Waals surface area contributed by atoms with Crippen molar-refractivity contribution in [1.29, 1.82) is 0 Å². The van der Waals surface area contributed by atoms with E-state index in [4.69, 9.17) is 4.74 Å². The summed E-state index contributed by atoms with van der Waals surface area (Å²) in [5.41, 5.74) is 1.01. The van der Waals surface area contributed by atoms with Crippen LogP contribution in [0, 0.1) is 0 Å². The van der Waals surface area contributed by atoms with Gasteiger partial charge >= 0.3 is 0 Å². The van der Waals surface area contributed by atoms with Gasteiger partial charge in [-0.3, -0.25) is 0 Å². The van der Waals surface area contributed by atoms with E-state index in [1.54, 1.807) is 13.3 Å². The average molecular weight is 363 g/mol. The highest BCUT2D eigenvalue weighted by Crippen LogP contribution is 2.32. The molecule has 0 bridgehead atoms. The normalized spacial score (nSPS) is 15.2. The van der Waals surface area contributed by atoms with E-state index in [1.165, 1.54) is 0 Å². The molecule has 0 N–H and O–H groups in total. The molecule has 1 heterocycles. The Morgan fingerprint density at radius 1 is 1.50 bits per heavy atom. The van der Waals surface area contributed by atoms with Crippen molar-refractivity contribution in [2.45, 2.75) is 45.4 Å². The van der Waals surface area contributed by atoms with Crippen molar-refractivity contribution in [2.75, 3.05) is 13.7 Å². The van der Waals surface area contributed by atoms with Gasteiger partial charge in [-0.1, -0.05) is 0 Å². The number of hydrogen-bond acceptors (Lipinski definition) is 4. The van der Waals surface area contributed by atoms with Crippen molar-refractivity contribution in [1.82, 2.24) is 9.29 Å². The van der Waals surface area contributed by atoms with Crippen molar-refractivity contribution < 1.29 is 9.29 Å². The zero-order valence-electron chi connectivity index (χ0n) is 12.9. The molecular formula is C14H23BrN2O2S. The summed E-state index contributed by atoms with van der Waals surface area (Å²) in [7, 11) is 1.59. The molecule has 4 nitrogen and oxygen atoms in total. The molecule has 1 aromatic heterocycles. The highest BCUT2D eigenvalue weighted by molar-refractivity contribution is 9.10. The van der Waals surface area contributed by atoms with E-state index in [0.717, 1.165) is 10.0 Å². The zero-order valence-corrected chi connectivity index (χ0v) is 15.3. The summed E-state index contributed by atoms with van der Waals surface area (Å²) >= 11 is 2.38. The molecule has 1 unspecified atom stereocenters. The Bertz CT molecular complexity index is 451. The predicted molar refractivity (Wildman–Crippen MR) is 87.2 cm³/mol. The second-order valence-corrected chi connectivity index (χ2v) is 8.58. The smallest absolute Gasteiger partial charge is 0.227 e. The lowest BCUT2D eigenvalue weighted by Crippen LogP contribution is -2.44. The molecule has 0 saturated carbocycles. The SMILES string of the molecule is CCN([C@H](C)c1cnc(OC)c(Br)c1)[S+]([O-])C(C)(C)C. The summed E-state index contributed by atoms with van der Waals surface area (Å²) < 4.78 is 20.2. The molecule has 20 heavy (non-hydrogen) atoms. The van der Waals surface area contributed by atoms with Gasteiger partial charge in [0.1, 0.15) is 4.75 Å². The third-order valence-electron chi connectivity index (χ3n) is 2.98. The van der Waals surface area contributed by atoms with Crippen LogP contribution in [0.3, 0.4) is 0 Å². The Hall–Kier alpha value is -0.300. The van der Waals surface area contributed by atoms with Crippen LogP contribution in [0.25, 0.3) is 0 Å². The van der Waals surface area contributed by atoms with Gasteiger partial charge in [-0.2, -0.15) is 0 Å². The Morgan fingerprint density at radius 2 is 2.10 bits per heavy atom. The highest BCUT2D eigenvalue weighted by atomic mass is 79.9. The van der Waals surface area contributed by atoms with Crippen molar-refractivity contribution in [2.24, 2.45) is 0 Å². The third kappa shape index (κ3) is 4.10. The van der Waals surface area contributed by atoms with Crippen LogP contribution < -0.4 is 4.74 Å². The van der Waals surface area contributed by atoms with Gasteiger partial charge in [-0.05, 0) is 62.2 Å². The van der Waals surface area contributed by atoms with Crippen LogP contribution in [-0.2, 0) is 11.4 Å². The highest BCUT2D eigenvalue weighted by Gasteiger charge is 2.35. The molecule has 1 rings (SSSR count). The molecule has 0 fully saturated rings. The Labute approximate surface area is 133 Å². The van der Waals surface area contributed by atoms with Crippen molar-refractivity contribution >= 4 is 27.3 Å². The lowest BCUT2D eigenvalue weighted by Gasteiger charge is -2.35. The third-order valence-corrected chi connectivity index (χ3v) is 5.60. The summed E-state index contributed by atoms with van der Waals surface area (Å²) in [4.78, 5) is 4.26. The first-order chi connectivity index (χ1) is 9.22. The van der Waals surface area contributed by atoms with Gasteiger partial charge in [-0.15, -0.1) is 4.31 Å². The molecule has 0 aliphatic carbocycles. The first kappa shape index (κ1) is 17.8. The molecule has 1 aromatic rings. The standard InChI is InChI=1S/C14H23BrN2O2S/c1-7-17(20(18)14(3,4)5)10(2)11-8-12(15)13(19-6)16-9-11/h8-10H,7H2,1-6H3/t10-,20?/m1/s1. The fraction of sp³-hybridized carbons (Fsp3) is 0.643. The monoisotopic (exact) mass is 362 g/mol. The lowest BCUT2D eigenvalue weighted by molar-refractivity contribution is 0.342. The largest absolute Gasteiger partial charge is 0.597 e. The fourth-order valence-corrected chi connectivity index (χ4v) is 3.75. The minimum absolute atomic E-state index is 0.0229. The van der Waals surface area contributed by atoms with E-state index in [9.17, 15) is 4.55 Å². The van der Waals surface area contributed by atoms with Crippen molar-refractivity contribution in [3.63, 3.8) is 0 Å². The zero-order chi connectivity index (χ0) is 15.5. The lowest BCUT2D eigenvalue weighted by atomic mass is 10.1. The van der Waals surface area contributed by atoms with E-state index in [0.29, 0.717) is 12.4 Å². The van der Waals surface area contributed by atoms with E-state index in [1.807, 2.05) is 45.0 Å². The predicted octanol–water partition coefficient (Wildman–Crippen LogP) is 3.70. The van der Waals surface area contributed by atoms with Crippen LogP contribution in [-0.4, -0.2) is 32.2 Å². The summed E-state index contributed by atoms with van der Waals surface area (Å²) in [6, 6.07) is 1.99. The number of rotatable bonds is 5. The van der Waals surface area contributed by atoms with Crippen molar-refractivity contribution in [3.05, 3.63) is 22.3 Å². The number of nitrogens with zero attached hydrogens (tertiary/aromatic N) is 2. The molecule has 0 aliphatic rings. The Kier molecular flexibility index (Phi) is 6.31. The molecule has 0 saturated heterocycles. The summed E-state index contributed by atoms with van der Waals surface area (Å²) in [5, 5.41) is 0. The van der Waals surface area contributed by atoms with Crippen LogP contribution in [0.5, 0.6) is 5.88 Å². The fourth-order valence-electron chi connectivity index (χ4n) is 1.87. The van der Waals surface area contributed by atoms with E-state index >= 15 is 0 Å². The minimum atomic E-state index is -1.06. The first-order valence-corrected chi connectivity index (χ1v) is 8.50. The van der Waals surface area contributed by atoms with E-state index < -0.39 is 11.4 Å². The maximum Gasteiger partial charge on any atom is 0.227 e. The van der Waals surface area contributed by atoms with E-state index in [-0.39, 0.29) is 10.8 Å². The summed E-state index contributed by atoms with van der Waals surface area (Å²) in [6.45, 7) is 10.7. The Morgan fingerprint density at radius 3 is 2.50 bits per heavy atom. The molecule has 0 radical (unpaired) electrons. The van der Waals surface area contributed by atoms with Crippen LogP contribution in [0.2, 0.25) is 0 Å². The topological polar surface area (TPSA) is 48.4 Å². The second-order valence-electron chi connectivity index (χ2n) is 5.53. The number of ether oxygens (including phenoxy) is 1. The first-order valence-electron chi connectivity index (χ1n) is 6.60. The number of pyridine rings is 1. The second kappa shape index (κ2) is 7.11. The number of halogens is 1. The number of methoxy groups -OCH3 is 1.